The van der Waals surface area contributed by atoms with Crippen LogP contribution in [0.4, 0.5) is 4.39 Å². The highest BCUT2D eigenvalue weighted by atomic mass is 19.1. The minimum absolute atomic E-state index is 0.238. The molecule has 0 aliphatic carbocycles. The maximum Gasteiger partial charge on any atom is 0.331 e. The molecule has 0 bridgehead atoms. The summed E-state index contributed by atoms with van der Waals surface area (Å²) in [7, 11) is 3.06. The summed E-state index contributed by atoms with van der Waals surface area (Å²) in [5.74, 6) is -0.207. The second-order valence-electron chi connectivity index (χ2n) is 6.09. The molecule has 0 heterocycles. The van der Waals surface area contributed by atoms with E-state index in [0.29, 0.717) is 29.2 Å². The average molecular weight is 401 g/mol. The number of benzene rings is 2. The average Bonchev–Trinajstić information content (AvgIpc) is 2.74. The van der Waals surface area contributed by atoms with Gasteiger partial charge in [-0.1, -0.05) is 12.1 Å². The van der Waals surface area contributed by atoms with Gasteiger partial charge in [0.05, 0.1) is 14.2 Å². The van der Waals surface area contributed by atoms with Crippen LogP contribution in [0.1, 0.15) is 18.1 Å². The van der Waals surface area contributed by atoms with Crippen LogP contribution in [0.15, 0.2) is 48.5 Å². The van der Waals surface area contributed by atoms with E-state index in [0.717, 1.165) is 0 Å². The minimum atomic E-state index is -0.662. The lowest BCUT2D eigenvalue weighted by Gasteiger charge is -2.20. The third-order valence-electron chi connectivity index (χ3n) is 4.17. The first-order valence-electron chi connectivity index (χ1n) is 9.06. The number of likely N-dealkylation sites (N-methyl/N-ethyl adjacent to an activating group) is 1. The van der Waals surface area contributed by atoms with Gasteiger partial charge in [0.2, 0.25) is 0 Å². The second kappa shape index (κ2) is 10.8. The van der Waals surface area contributed by atoms with Crippen molar-refractivity contribution in [2.45, 2.75) is 13.5 Å². The van der Waals surface area contributed by atoms with E-state index in [-0.39, 0.29) is 18.3 Å². The molecular formula is C22H24FNO5. The third-order valence-corrected chi connectivity index (χ3v) is 4.17. The number of hydrogen-bond donors (Lipinski definition) is 0. The lowest BCUT2D eigenvalue weighted by Crippen LogP contribution is -2.34. The third kappa shape index (κ3) is 6.64. The Balaban J connectivity index is 1.93. The van der Waals surface area contributed by atoms with Gasteiger partial charge in [0.25, 0.3) is 5.91 Å². The highest BCUT2D eigenvalue weighted by Crippen LogP contribution is 2.25. The van der Waals surface area contributed by atoms with Crippen molar-refractivity contribution < 1.29 is 28.2 Å². The van der Waals surface area contributed by atoms with Crippen molar-refractivity contribution in [3.63, 3.8) is 0 Å². The zero-order valence-corrected chi connectivity index (χ0v) is 16.7. The predicted octanol–water partition coefficient (Wildman–Crippen LogP) is 3.45. The highest BCUT2D eigenvalue weighted by molar-refractivity contribution is 5.89. The number of ether oxygens (including phenoxy) is 3. The second-order valence-corrected chi connectivity index (χ2v) is 6.09. The monoisotopic (exact) mass is 401 g/mol. The molecule has 0 N–H and O–H groups in total. The predicted molar refractivity (Wildman–Crippen MR) is 107 cm³/mol. The van der Waals surface area contributed by atoms with Gasteiger partial charge >= 0.3 is 5.97 Å². The molecule has 0 saturated heterocycles. The smallest absolute Gasteiger partial charge is 0.331 e. The molecule has 6 nitrogen and oxygen atoms in total. The summed E-state index contributed by atoms with van der Waals surface area (Å²) in [4.78, 5) is 25.8. The van der Waals surface area contributed by atoms with E-state index in [4.69, 9.17) is 14.2 Å². The highest BCUT2D eigenvalue weighted by Gasteiger charge is 2.14. The standard InChI is InChI=1S/C22H24FNO5/c1-4-24(14-16-6-5-7-18(23)12-16)21(25)15-29-22(26)11-8-17-13-19(27-2)9-10-20(17)28-3/h5-13H,4,14-15H2,1-3H3/b11-8+. The van der Waals surface area contributed by atoms with Gasteiger partial charge < -0.3 is 19.1 Å². The molecule has 154 valence electrons. The van der Waals surface area contributed by atoms with Crippen molar-refractivity contribution in [3.05, 3.63) is 65.5 Å². The molecule has 7 heteroatoms. The summed E-state index contributed by atoms with van der Waals surface area (Å²) < 4.78 is 28.7. The van der Waals surface area contributed by atoms with Gasteiger partial charge in [-0.15, -0.1) is 0 Å². The van der Waals surface area contributed by atoms with E-state index >= 15 is 0 Å². The zero-order valence-electron chi connectivity index (χ0n) is 16.7. The lowest BCUT2D eigenvalue weighted by atomic mass is 10.1. The number of methoxy groups -OCH3 is 2. The van der Waals surface area contributed by atoms with E-state index in [9.17, 15) is 14.0 Å². The fourth-order valence-corrected chi connectivity index (χ4v) is 2.63. The van der Waals surface area contributed by atoms with E-state index < -0.39 is 12.6 Å². The molecule has 0 aliphatic rings. The normalized spacial score (nSPS) is 10.6. The van der Waals surface area contributed by atoms with Crippen molar-refractivity contribution >= 4 is 18.0 Å². The summed E-state index contributed by atoms with van der Waals surface area (Å²) in [6.07, 6.45) is 2.74. The molecule has 0 spiro atoms. The van der Waals surface area contributed by atoms with Crippen LogP contribution in [-0.4, -0.2) is 44.1 Å². The van der Waals surface area contributed by atoms with Gasteiger partial charge in [-0.05, 0) is 48.9 Å². The Morgan fingerprint density at radius 2 is 1.90 bits per heavy atom. The molecule has 1 amide bonds. The Labute approximate surface area is 169 Å². The van der Waals surface area contributed by atoms with Crippen molar-refractivity contribution in [2.24, 2.45) is 0 Å². The van der Waals surface area contributed by atoms with Crippen LogP contribution in [0, 0.1) is 5.82 Å². The molecule has 0 radical (unpaired) electrons. The van der Waals surface area contributed by atoms with E-state index in [1.807, 2.05) is 0 Å². The van der Waals surface area contributed by atoms with Gasteiger partial charge in [-0.25, -0.2) is 9.18 Å². The zero-order chi connectivity index (χ0) is 21.2. The molecule has 0 atom stereocenters. The van der Waals surface area contributed by atoms with Crippen LogP contribution < -0.4 is 9.47 Å². The summed E-state index contributed by atoms with van der Waals surface area (Å²) in [6.45, 7) is 2.04. The van der Waals surface area contributed by atoms with Crippen LogP contribution >= 0.6 is 0 Å². The largest absolute Gasteiger partial charge is 0.497 e. The number of amides is 1. The number of carbonyl (C=O) groups is 2. The van der Waals surface area contributed by atoms with Gasteiger partial charge in [-0.3, -0.25) is 4.79 Å². The SMILES string of the molecule is CCN(Cc1cccc(F)c1)C(=O)COC(=O)/C=C/c1cc(OC)ccc1OC. The molecule has 0 unspecified atom stereocenters. The maximum atomic E-state index is 13.3. The number of rotatable bonds is 9. The molecule has 29 heavy (non-hydrogen) atoms. The van der Waals surface area contributed by atoms with E-state index in [2.05, 4.69) is 0 Å². The van der Waals surface area contributed by atoms with Gasteiger partial charge in [-0.2, -0.15) is 0 Å². The van der Waals surface area contributed by atoms with E-state index in [1.54, 1.807) is 44.4 Å². The summed E-state index contributed by atoms with van der Waals surface area (Å²) in [6, 6.07) is 11.2. The molecule has 0 fully saturated rings. The maximum absolute atomic E-state index is 13.3. The first kappa shape index (κ1) is 21.9. The van der Waals surface area contributed by atoms with Gasteiger partial charge in [0.1, 0.15) is 17.3 Å². The van der Waals surface area contributed by atoms with Crippen LogP contribution in [0.25, 0.3) is 6.08 Å². The van der Waals surface area contributed by atoms with E-state index in [1.165, 1.54) is 36.3 Å². The number of halogens is 1. The summed E-state index contributed by atoms with van der Waals surface area (Å²) in [5.41, 5.74) is 1.30. The number of hydrogen-bond acceptors (Lipinski definition) is 5. The van der Waals surface area contributed by atoms with Crippen molar-refractivity contribution in [1.82, 2.24) is 4.90 Å². The first-order chi connectivity index (χ1) is 14.0. The minimum Gasteiger partial charge on any atom is -0.497 e. The van der Waals surface area contributed by atoms with Crippen LogP contribution in [0.5, 0.6) is 11.5 Å². The topological polar surface area (TPSA) is 65.1 Å². The molecule has 2 aromatic carbocycles. The quantitative estimate of drug-likeness (QED) is 0.476. The van der Waals surface area contributed by atoms with Gasteiger partial charge in [0, 0.05) is 24.7 Å². The first-order valence-corrected chi connectivity index (χ1v) is 9.06. The fraction of sp³-hybridized carbons (Fsp3) is 0.273. The van der Waals surface area contributed by atoms with Crippen molar-refractivity contribution in [2.75, 3.05) is 27.4 Å². The lowest BCUT2D eigenvalue weighted by molar-refractivity contribution is -0.148. The number of esters is 1. The van der Waals surface area contributed by atoms with Crippen LogP contribution in [0.3, 0.4) is 0 Å². The summed E-state index contributed by atoms with van der Waals surface area (Å²) >= 11 is 0. The number of carbonyl (C=O) groups excluding carboxylic acids is 2. The Hall–Kier alpha value is -3.35. The Kier molecular flexibility index (Phi) is 8.21. The fourth-order valence-electron chi connectivity index (χ4n) is 2.63. The Morgan fingerprint density at radius 3 is 2.55 bits per heavy atom. The molecule has 2 rings (SSSR count). The molecular weight excluding hydrogens is 377 g/mol. The van der Waals surface area contributed by atoms with Crippen LogP contribution in [-0.2, 0) is 20.9 Å². The van der Waals surface area contributed by atoms with Crippen molar-refractivity contribution in [3.8, 4) is 11.5 Å². The number of nitrogens with zero attached hydrogens (tertiary/aromatic N) is 1. The molecule has 2 aromatic rings. The Morgan fingerprint density at radius 1 is 1.10 bits per heavy atom. The Bertz CT molecular complexity index is 881. The summed E-state index contributed by atoms with van der Waals surface area (Å²) in [5, 5.41) is 0. The van der Waals surface area contributed by atoms with Crippen molar-refractivity contribution in [1.29, 1.82) is 0 Å². The molecule has 0 saturated carbocycles. The molecule has 0 aliphatic heterocycles. The van der Waals surface area contributed by atoms with Gasteiger partial charge in [0.15, 0.2) is 6.61 Å². The molecule has 0 aromatic heterocycles. The van der Waals surface area contributed by atoms with Crippen LogP contribution in [0.2, 0.25) is 0 Å².